The maximum Gasteiger partial charge on any atom is 0.407 e. The Morgan fingerprint density at radius 3 is 2.17 bits per heavy atom. The number of benzene rings is 4. The highest BCUT2D eigenvalue weighted by Crippen LogP contribution is 2.44. The van der Waals surface area contributed by atoms with Crippen LogP contribution < -0.4 is 10.6 Å². The monoisotopic (exact) mass is 633 g/mol. The lowest BCUT2D eigenvalue weighted by Crippen LogP contribution is -2.36. The maximum atomic E-state index is 14.8. The van der Waals surface area contributed by atoms with Gasteiger partial charge in [0, 0.05) is 42.0 Å². The number of halogens is 2. The minimum atomic E-state index is -0.479. The van der Waals surface area contributed by atoms with Crippen LogP contribution in [0.2, 0.25) is 0 Å². The third kappa shape index (κ3) is 7.31. The van der Waals surface area contributed by atoms with Crippen LogP contribution in [0.25, 0.3) is 22.3 Å². The summed E-state index contributed by atoms with van der Waals surface area (Å²) < 4.78 is 36.8. The predicted octanol–water partition coefficient (Wildman–Crippen LogP) is 9.09. The molecule has 5 aromatic rings. The van der Waals surface area contributed by atoms with Crippen molar-refractivity contribution in [3.63, 3.8) is 0 Å². The summed E-state index contributed by atoms with van der Waals surface area (Å²) in [6.45, 7) is 8.41. The number of alkyl carbamates (subject to hydrolysis) is 1. The number of fused-ring (bicyclic) bond motifs is 3. The van der Waals surface area contributed by atoms with Crippen molar-refractivity contribution >= 4 is 6.09 Å². The van der Waals surface area contributed by atoms with Crippen molar-refractivity contribution in [2.75, 3.05) is 19.7 Å². The molecule has 2 N–H and O–H groups in total. The number of hydrogen-bond donors (Lipinski definition) is 2. The van der Waals surface area contributed by atoms with E-state index < -0.39 is 17.7 Å². The molecule has 0 fully saturated rings. The molecule has 0 spiro atoms. The van der Waals surface area contributed by atoms with Crippen LogP contribution in [-0.2, 0) is 11.3 Å². The molecule has 7 heteroatoms. The van der Waals surface area contributed by atoms with Gasteiger partial charge in [0.05, 0.1) is 6.04 Å². The van der Waals surface area contributed by atoms with Gasteiger partial charge in [-0.3, -0.25) is 0 Å². The Labute approximate surface area is 275 Å². The standard InChI is InChI=1S/C40H41F2N3O2/c1-40(2,3)38(37-22-28(34-23-29(41)18-19-36(34)42)25-45(37)24-27-12-5-4-6-13-27)43-20-11-21-44-39(46)47-26-35-32-16-9-7-14-30(32)31-15-8-10-17-33(31)35/h4-10,12-19,22-23,25,35,38,43H,11,20-21,24,26H2,1-3H3,(H,44,46). The van der Waals surface area contributed by atoms with E-state index in [9.17, 15) is 13.6 Å². The molecule has 1 aliphatic carbocycles. The van der Waals surface area contributed by atoms with Crippen molar-refractivity contribution < 1.29 is 18.3 Å². The quantitative estimate of drug-likeness (QED) is 0.143. The second-order valence-corrected chi connectivity index (χ2v) is 13.3. The van der Waals surface area contributed by atoms with Gasteiger partial charge in [-0.25, -0.2) is 13.6 Å². The Morgan fingerprint density at radius 2 is 1.49 bits per heavy atom. The smallest absolute Gasteiger partial charge is 0.407 e. The van der Waals surface area contributed by atoms with Crippen LogP contribution in [0.1, 0.15) is 61.5 Å². The molecule has 0 saturated carbocycles. The van der Waals surface area contributed by atoms with Gasteiger partial charge in [0.25, 0.3) is 0 Å². The summed E-state index contributed by atoms with van der Waals surface area (Å²) in [6, 6.07) is 32.0. The first-order chi connectivity index (χ1) is 22.7. The Balaban J connectivity index is 1.09. The fourth-order valence-electron chi connectivity index (χ4n) is 6.58. The molecule has 47 heavy (non-hydrogen) atoms. The van der Waals surface area contributed by atoms with Crippen molar-refractivity contribution in [2.24, 2.45) is 5.41 Å². The lowest BCUT2D eigenvalue weighted by atomic mass is 9.84. The van der Waals surface area contributed by atoms with E-state index in [1.54, 1.807) is 0 Å². The highest BCUT2D eigenvalue weighted by Gasteiger charge is 2.30. The average Bonchev–Trinajstić information content (AvgIpc) is 3.61. The van der Waals surface area contributed by atoms with Gasteiger partial charge in [0.15, 0.2) is 0 Å². The molecule has 1 aromatic heterocycles. The number of carbonyl (C=O) groups is 1. The van der Waals surface area contributed by atoms with Gasteiger partial charge in [-0.1, -0.05) is 99.6 Å². The van der Waals surface area contributed by atoms with Gasteiger partial charge in [-0.05, 0) is 70.5 Å². The van der Waals surface area contributed by atoms with E-state index in [0.29, 0.717) is 31.6 Å². The molecule has 0 saturated heterocycles. The SMILES string of the molecule is CC(C)(C)C(NCCCNC(=O)OCC1c2ccccc2-c2ccccc21)c1cc(-c2cc(F)ccc2F)cn1Cc1ccccc1. The van der Waals surface area contributed by atoms with Crippen molar-refractivity contribution in [1.29, 1.82) is 0 Å². The summed E-state index contributed by atoms with van der Waals surface area (Å²) in [7, 11) is 0. The topological polar surface area (TPSA) is 55.3 Å². The zero-order chi connectivity index (χ0) is 33.0. The second-order valence-electron chi connectivity index (χ2n) is 13.3. The summed E-state index contributed by atoms with van der Waals surface area (Å²) in [5, 5.41) is 6.59. The lowest BCUT2D eigenvalue weighted by Gasteiger charge is -2.33. The molecule has 1 atom stereocenters. The number of amides is 1. The number of carbonyl (C=O) groups excluding carboxylic acids is 1. The van der Waals surface area contributed by atoms with Crippen LogP contribution in [-0.4, -0.2) is 30.4 Å². The Bertz CT molecular complexity index is 1800. The van der Waals surface area contributed by atoms with Gasteiger partial charge in [-0.15, -0.1) is 0 Å². The van der Waals surface area contributed by atoms with Gasteiger partial charge >= 0.3 is 6.09 Å². The molecule has 1 amide bonds. The van der Waals surface area contributed by atoms with Crippen LogP contribution >= 0.6 is 0 Å². The third-order valence-electron chi connectivity index (χ3n) is 8.84. The molecule has 6 rings (SSSR count). The zero-order valence-corrected chi connectivity index (χ0v) is 27.1. The third-order valence-corrected chi connectivity index (χ3v) is 8.84. The van der Waals surface area contributed by atoms with E-state index >= 15 is 0 Å². The number of rotatable bonds is 11. The van der Waals surface area contributed by atoms with Crippen LogP contribution in [0.3, 0.4) is 0 Å². The fraction of sp³-hybridized carbons (Fsp3) is 0.275. The molecule has 1 aliphatic rings. The first kappa shape index (κ1) is 32.2. The number of ether oxygens (including phenoxy) is 1. The van der Waals surface area contributed by atoms with E-state index in [2.05, 4.69) is 72.4 Å². The van der Waals surface area contributed by atoms with E-state index in [0.717, 1.165) is 17.3 Å². The van der Waals surface area contributed by atoms with Gasteiger partial charge < -0.3 is 19.9 Å². The summed E-state index contributed by atoms with van der Waals surface area (Å²) >= 11 is 0. The molecule has 242 valence electrons. The molecular weight excluding hydrogens is 592 g/mol. The largest absolute Gasteiger partial charge is 0.449 e. The number of aromatic nitrogens is 1. The first-order valence-electron chi connectivity index (χ1n) is 16.2. The molecule has 0 aliphatic heterocycles. The molecule has 1 unspecified atom stereocenters. The molecular formula is C40H41F2N3O2. The van der Waals surface area contributed by atoms with Crippen molar-refractivity contribution in [1.82, 2.24) is 15.2 Å². The van der Waals surface area contributed by atoms with Crippen molar-refractivity contribution in [3.8, 4) is 22.3 Å². The minimum Gasteiger partial charge on any atom is -0.449 e. The van der Waals surface area contributed by atoms with E-state index in [4.69, 9.17) is 4.74 Å². The van der Waals surface area contributed by atoms with Gasteiger partial charge in [0.2, 0.25) is 0 Å². The van der Waals surface area contributed by atoms with Crippen LogP contribution in [0, 0.1) is 17.0 Å². The summed E-state index contributed by atoms with van der Waals surface area (Å²) in [4.78, 5) is 12.7. The summed E-state index contributed by atoms with van der Waals surface area (Å²) in [6.07, 6.45) is 2.15. The highest BCUT2D eigenvalue weighted by molar-refractivity contribution is 5.79. The van der Waals surface area contributed by atoms with Crippen LogP contribution in [0.15, 0.2) is 109 Å². The molecule has 4 aromatic carbocycles. The van der Waals surface area contributed by atoms with Crippen LogP contribution in [0.5, 0.6) is 0 Å². The molecule has 0 bridgehead atoms. The Kier molecular flexibility index (Phi) is 9.55. The number of hydrogen-bond acceptors (Lipinski definition) is 3. The normalized spacial score (nSPS) is 13.2. The average molecular weight is 634 g/mol. The molecule has 1 heterocycles. The minimum absolute atomic E-state index is 0.0141. The summed E-state index contributed by atoms with van der Waals surface area (Å²) in [5.41, 5.74) is 7.49. The predicted molar refractivity (Wildman–Crippen MR) is 183 cm³/mol. The lowest BCUT2D eigenvalue weighted by molar-refractivity contribution is 0.143. The Hall–Kier alpha value is -4.75. The van der Waals surface area contributed by atoms with Crippen molar-refractivity contribution in [3.05, 3.63) is 143 Å². The van der Waals surface area contributed by atoms with E-state index in [1.807, 2.05) is 54.7 Å². The van der Waals surface area contributed by atoms with Gasteiger partial charge in [-0.2, -0.15) is 0 Å². The van der Waals surface area contributed by atoms with Crippen molar-refractivity contribution in [2.45, 2.75) is 45.7 Å². The van der Waals surface area contributed by atoms with E-state index in [1.165, 1.54) is 34.4 Å². The fourth-order valence-corrected chi connectivity index (χ4v) is 6.58. The van der Waals surface area contributed by atoms with Gasteiger partial charge in [0.1, 0.15) is 18.2 Å². The first-order valence-corrected chi connectivity index (χ1v) is 16.2. The zero-order valence-electron chi connectivity index (χ0n) is 27.1. The highest BCUT2D eigenvalue weighted by atomic mass is 19.1. The number of nitrogens with zero attached hydrogens (tertiary/aromatic N) is 1. The molecule has 0 radical (unpaired) electrons. The van der Waals surface area contributed by atoms with Crippen LogP contribution in [0.4, 0.5) is 13.6 Å². The summed E-state index contributed by atoms with van der Waals surface area (Å²) in [5.74, 6) is -0.928. The second kappa shape index (κ2) is 13.9. The molecule has 5 nitrogen and oxygen atoms in total. The van der Waals surface area contributed by atoms with E-state index in [-0.39, 0.29) is 29.5 Å². The maximum absolute atomic E-state index is 14.8. The number of nitrogens with one attached hydrogen (secondary N) is 2. The Morgan fingerprint density at radius 1 is 0.830 bits per heavy atom.